The number of halogens is 1. The van der Waals surface area contributed by atoms with Gasteiger partial charge in [0.2, 0.25) is 11.8 Å². The van der Waals surface area contributed by atoms with Crippen LogP contribution < -0.4 is 10.9 Å². The van der Waals surface area contributed by atoms with Gasteiger partial charge in [-0.05, 0) is 30.5 Å². The Morgan fingerprint density at radius 2 is 1.90 bits per heavy atom. The Kier molecular flexibility index (Phi) is 5.39. The molecule has 0 unspecified atom stereocenters. The van der Waals surface area contributed by atoms with E-state index in [2.05, 4.69) is 10.3 Å². The van der Waals surface area contributed by atoms with Crippen LogP contribution in [-0.4, -0.2) is 45.9 Å². The fraction of sp³-hybridized carbons (Fsp3) is 0.300. The van der Waals surface area contributed by atoms with Crippen molar-refractivity contribution < 1.29 is 14.0 Å². The first-order valence-corrected chi connectivity index (χ1v) is 10.2. The molecule has 0 atom stereocenters. The summed E-state index contributed by atoms with van der Waals surface area (Å²) < 4.78 is 14.4. The first-order valence-electron chi connectivity index (χ1n) is 9.30. The molecule has 3 heterocycles. The van der Waals surface area contributed by atoms with Crippen molar-refractivity contribution in [2.75, 3.05) is 19.6 Å². The number of hydrogen-bond acceptors (Lipinski definition) is 5. The molecule has 0 bridgehead atoms. The number of fused-ring (bicyclic) bond motifs is 1. The molecule has 9 heteroatoms. The lowest BCUT2D eigenvalue weighted by atomic mass is 10.1. The molecule has 1 N–H and O–H groups in total. The molecule has 3 aromatic rings. The summed E-state index contributed by atoms with van der Waals surface area (Å²) in [6.45, 7) is 1.13. The van der Waals surface area contributed by atoms with Gasteiger partial charge in [0.25, 0.3) is 5.56 Å². The standard InChI is InChI=1S/C20H19FN4O3S/c21-14-5-3-13(4-6-14)15-11-29-19-18(15)20(28)25(12-23-19)10-16(26)22-9-17(27)24-7-1-2-8-24/h3-6,11-12H,1-2,7-10H2,(H,22,26). The number of carbonyl (C=O) groups excluding carboxylic acids is 2. The molecule has 2 amide bonds. The van der Waals surface area contributed by atoms with Crippen LogP contribution in [0.4, 0.5) is 4.39 Å². The third-order valence-electron chi connectivity index (χ3n) is 4.93. The lowest BCUT2D eigenvalue weighted by Crippen LogP contribution is -2.40. The molecule has 0 aliphatic carbocycles. The predicted octanol–water partition coefficient (Wildman–Crippen LogP) is 2.00. The van der Waals surface area contributed by atoms with E-state index in [1.54, 1.807) is 22.4 Å². The van der Waals surface area contributed by atoms with Crippen LogP contribution in [0.5, 0.6) is 0 Å². The van der Waals surface area contributed by atoms with Gasteiger partial charge in [-0.25, -0.2) is 9.37 Å². The van der Waals surface area contributed by atoms with Gasteiger partial charge >= 0.3 is 0 Å². The number of likely N-dealkylation sites (tertiary alicyclic amines) is 1. The van der Waals surface area contributed by atoms with Gasteiger partial charge in [-0.15, -0.1) is 11.3 Å². The van der Waals surface area contributed by atoms with Crippen LogP contribution in [0.15, 0.2) is 40.8 Å². The summed E-state index contributed by atoms with van der Waals surface area (Å²) in [5.41, 5.74) is 1.01. The van der Waals surface area contributed by atoms with Crippen molar-refractivity contribution in [2.45, 2.75) is 19.4 Å². The van der Waals surface area contributed by atoms with Gasteiger partial charge in [-0.1, -0.05) is 12.1 Å². The number of benzene rings is 1. The summed E-state index contributed by atoms with van der Waals surface area (Å²) in [6, 6.07) is 5.87. The molecule has 150 valence electrons. The van der Waals surface area contributed by atoms with Crippen LogP contribution in [-0.2, 0) is 16.1 Å². The Morgan fingerprint density at radius 1 is 1.17 bits per heavy atom. The normalized spacial score (nSPS) is 13.8. The van der Waals surface area contributed by atoms with Crippen molar-refractivity contribution in [1.29, 1.82) is 0 Å². The van der Waals surface area contributed by atoms with Crippen LogP contribution in [0, 0.1) is 5.82 Å². The van der Waals surface area contributed by atoms with Gasteiger partial charge in [0.15, 0.2) is 0 Å². The van der Waals surface area contributed by atoms with E-state index in [9.17, 15) is 18.8 Å². The van der Waals surface area contributed by atoms with E-state index in [4.69, 9.17) is 0 Å². The van der Waals surface area contributed by atoms with Gasteiger partial charge in [0.05, 0.1) is 18.3 Å². The minimum absolute atomic E-state index is 0.0808. The van der Waals surface area contributed by atoms with E-state index in [0.717, 1.165) is 25.9 Å². The second kappa shape index (κ2) is 8.12. The van der Waals surface area contributed by atoms with E-state index >= 15 is 0 Å². The number of amides is 2. The number of nitrogens with one attached hydrogen (secondary N) is 1. The maximum Gasteiger partial charge on any atom is 0.263 e. The molecule has 7 nitrogen and oxygen atoms in total. The van der Waals surface area contributed by atoms with Crippen molar-refractivity contribution in [3.05, 3.63) is 52.1 Å². The molecular formula is C20H19FN4O3S. The summed E-state index contributed by atoms with van der Waals surface area (Å²) in [6.07, 6.45) is 3.30. The molecule has 4 rings (SSSR count). The maximum absolute atomic E-state index is 13.2. The van der Waals surface area contributed by atoms with Crippen LogP contribution in [0.3, 0.4) is 0 Å². The Labute approximate surface area is 169 Å². The van der Waals surface area contributed by atoms with Crippen LogP contribution in [0.1, 0.15) is 12.8 Å². The molecule has 1 saturated heterocycles. The number of thiophene rings is 1. The van der Waals surface area contributed by atoms with Gasteiger partial charge in [0.1, 0.15) is 17.2 Å². The Hall–Kier alpha value is -3.07. The second-order valence-corrected chi connectivity index (χ2v) is 7.74. The number of rotatable bonds is 5. The fourth-order valence-electron chi connectivity index (χ4n) is 3.39. The molecule has 1 aliphatic rings. The van der Waals surface area contributed by atoms with Gasteiger partial charge < -0.3 is 10.2 Å². The minimum Gasteiger partial charge on any atom is -0.345 e. The summed E-state index contributed by atoms with van der Waals surface area (Å²) in [4.78, 5) is 43.8. The quantitative estimate of drug-likeness (QED) is 0.692. The highest BCUT2D eigenvalue weighted by Gasteiger charge is 2.19. The molecule has 1 aromatic carbocycles. The summed E-state index contributed by atoms with van der Waals surface area (Å²) in [5.74, 6) is -0.906. The van der Waals surface area contributed by atoms with E-state index < -0.39 is 5.91 Å². The van der Waals surface area contributed by atoms with E-state index in [1.807, 2.05) is 0 Å². The third-order valence-corrected chi connectivity index (χ3v) is 5.81. The number of carbonyl (C=O) groups is 2. The highest BCUT2D eigenvalue weighted by atomic mass is 32.1. The first-order chi connectivity index (χ1) is 14.0. The molecule has 0 saturated carbocycles. The van der Waals surface area contributed by atoms with E-state index in [0.29, 0.717) is 21.3 Å². The van der Waals surface area contributed by atoms with Crippen molar-refractivity contribution >= 4 is 33.4 Å². The van der Waals surface area contributed by atoms with Crippen LogP contribution in [0.2, 0.25) is 0 Å². The average Bonchev–Trinajstić information content (AvgIpc) is 3.39. The Morgan fingerprint density at radius 3 is 2.62 bits per heavy atom. The van der Waals surface area contributed by atoms with Crippen molar-refractivity contribution in [1.82, 2.24) is 19.8 Å². The summed E-state index contributed by atoms with van der Waals surface area (Å²) in [5, 5.41) is 4.76. The van der Waals surface area contributed by atoms with Gasteiger partial charge in [-0.3, -0.25) is 19.0 Å². The van der Waals surface area contributed by atoms with Crippen LogP contribution >= 0.6 is 11.3 Å². The largest absolute Gasteiger partial charge is 0.345 e. The lowest BCUT2D eigenvalue weighted by molar-refractivity contribution is -0.132. The highest BCUT2D eigenvalue weighted by Crippen LogP contribution is 2.30. The second-order valence-electron chi connectivity index (χ2n) is 6.88. The Balaban J connectivity index is 1.52. The lowest BCUT2D eigenvalue weighted by Gasteiger charge is -2.15. The highest BCUT2D eigenvalue weighted by molar-refractivity contribution is 7.17. The predicted molar refractivity (Wildman–Crippen MR) is 108 cm³/mol. The smallest absolute Gasteiger partial charge is 0.263 e. The summed E-state index contributed by atoms with van der Waals surface area (Å²) >= 11 is 1.31. The molecule has 0 radical (unpaired) electrons. The van der Waals surface area contributed by atoms with E-state index in [1.165, 1.54) is 34.4 Å². The first kappa shape index (κ1) is 19.3. The van der Waals surface area contributed by atoms with Gasteiger partial charge in [-0.2, -0.15) is 0 Å². The molecule has 2 aromatic heterocycles. The van der Waals surface area contributed by atoms with E-state index in [-0.39, 0.29) is 30.4 Å². The maximum atomic E-state index is 13.2. The zero-order valence-electron chi connectivity index (χ0n) is 15.6. The average molecular weight is 414 g/mol. The number of hydrogen-bond donors (Lipinski definition) is 1. The van der Waals surface area contributed by atoms with Gasteiger partial charge in [0, 0.05) is 24.0 Å². The molecule has 1 aliphatic heterocycles. The number of aromatic nitrogens is 2. The summed E-state index contributed by atoms with van der Waals surface area (Å²) in [7, 11) is 0. The minimum atomic E-state index is -0.431. The molecule has 1 fully saturated rings. The van der Waals surface area contributed by atoms with Crippen LogP contribution in [0.25, 0.3) is 21.3 Å². The topological polar surface area (TPSA) is 84.3 Å². The Bertz CT molecular complexity index is 1120. The van der Waals surface area contributed by atoms with Crippen molar-refractivity contribution in [3.8, 4) is 11.1 Å². The molecule has 29 heavy (non-hydrogen) atoms. The molecular weight excluding hydrogens is 395 g/mol. The SMILES string of the molecule is O=C(Cn1cnc2scc(-c3ccc(F)cc3)c2c1=O)NCC(=O)N1CCCC1. The monoisotopic (exact) mass is 414 g/mol. The zero-order valence-corrected chi connectivity index (χ0v) is 16.4. The fourth-order valence-corrected chi connectivity index (χ4v) is 4.29. The van der Waals surface area contributed by atoms with Crippen molar-refractivity contribution in [3.63, 3.8) is 0 Å². The van der Waals surface area contributed by atoms with Crippen molar-refractivity contribution in [2.24, 2.45) is 0 Å². The number of nitrogens with zero attached hydrogens (tertiary/aromatic N) is 3. The molecule has 0 spiro atoms. The third kappa shape index (κ3) is 4.04. The zero-order chi connectivity index (χ0) is 20.4.